The molecule has 0 unspecified atom stereocenters. The molecule has 0 saturated carbocycles. The lowest BCUT2D eigenvalue weighted by Gasteiger charge is -2.21. The first-order valence-electron chi connectivity index (χ1n) is 5.84. The van der Waals surface area contributed by atoms with Crippen molar-refractivity contribution < 1.29 is 0 Å². The fraction of sp³-hybridized carbons (Fsp3) is 0.545. The molecule has 1 aliphatic rings. The largest absolute Gasteiger partial charge is 0.356 e. The summed E-state index contributed by atoms with van der Waals surface area (Å²) < 4.78 is 0. The Morgan fingerprint density at radius 2 is 1.88 bits per heavy atom. The minimum atomic E-state index is 0.828. The molecule has 3 heterocycles. The minimum absolute atomic E-state index is 0.828. The Hall–Kier alpha value is -1.65. The second-order valence-electron chi connectivity index (χ2n) is 4.23. The van der Waals surface area contributed by atoms with Crippen molar-refractivity contribution in [2.45, 2.75) is 25.7 Å². The van der Waals surface area contributed by atoms with Crippen LogP contribution in [0.15, 0.2) is 12.5 Å². The Morgan fingerprint density at radius 1 is 1.06 bits per heavy atom. The Morgan fingerprint density at radius 3 is 2.69 bits per heavy atom. The van der Waals surface area contributed by atoms with Gasteiger partial charge >= 0.3 is 0 Å². The number of anilines is 1. The number of hydrogen-bond acceptors (Lipinski definition) is 4. The number of nitrogens with one attached hydrogen (secondary N) is 1. The molecule has 0 radical (unpaired) electrons. The molecule has 2 aromatic rings. The zero-order valence-corrected chi connectivity index (χ0v) is 9.19. The van der Waals surface area contributed by atoms with Crippen LogP contribution in [-0.4, -0.2) is 33.3 Å². The average Bonchev–Trinajstić information content (AvgIpc) is 2.63. The van der Waals surface area contributed by atoms with Gasteiger partial charge in [0.15, 0.2) is 5.65 Å². The smallest absolute Gasteiger partial charge is 0.160 e. The topological polar surface area (TPSA) is 57.7 Å². The SMILES string of the molecule is c1nc(N2CCCCCC2)c2cn[nH]c2n1. The van der Waals surface area contributed by atoms with Crippen molar-refractivity contribution in [2.24, 2.45) is 0 Å². The van der Waals surface area contributed by atoms with Gasteiger partial charge in [0.2, 0.25) is 0 Å². The van der Waals surface area contributed by atoms with Gasteiger partial charge in [0, 0.05) is 13.1 Å². The predicted octanol–water partition coefficient (Wildman–Crippen LogP) is 1.73. The van der Waals surface area contributed by atoms with Crippen molar-refractivity contribution in [1.29, 1.82) is 0 Å². The lowest BCUT2D eigenvalue weighted by Crippen LogP contribution is -2.25. The lowest BCUT2D eigenvalue weighted by atomic mass is 10.2. The molecule has 1 fully saturated rings. The molecule has 1 N–H and O–H groups in total. The van der Waals surface area contributed by atoms with E-state index in [4.69, 9.17) is 0 Å². The number of nitrogens with zero attached hydrogens (tertiary/aromatic N) is 4. The summed E-state index contributed by atoms with van der Waals surface area (Å²) >= 11 is 0. The zero-order valence-electron chi connectivity index (χ0n) is 9.19. The van der Waals surface area contributed by atoms with Crippen LogP contribution in [0.1, 0.15) is 25.7 Å². The number of H-pyrrole nitrogens is 1. The van der Waals surface area contributed by atoms with Gasteiger partial charge in [-0.2, -0.15) is 5.10 Å². The summed E-state index contributed by atoms with van der Waals surface area (Å²) in [6, 6.07) is 0. The molecule has 3 rings (SSSR count). The van der Waals surface area contributed by atoms with E-state index in [1.165, 1.54) is 25.7 Å². The number of rotatable bonds is 1. The molecule has 0 amide bonds. The molecule has 0 atom stereocenters. The molecular formula is C11H15N5. The summed E-state index contributed by atoms with van der Waals surface area (Å²) in [5.74, 6) is 1.03. The third kappa shape index (κ3) is 1.62. The summed E-state index contributed by atoms with van der Waals surface area (Å²) in [5, 5.41) is 7.94. The first kappa shape index (κ1) is 9.57. The van der Waals surface area contributed by atoms with E-state index in [0.717, 1.165) is 29.9 Å². The van der Waals surface area contributed by atoms with Crippen molar-refractivity contribution in [1.82, 2.24) is 20.2 Å². The second kappa shape index (κ2) is 4.08. The molecule has 1 saturated heterocycles. The van der Waals surface area contributed by atoms with Gasteiger partial charge in [-0.1, -0.05) is 12.8 Å². The fourth-order valence-corrected chi connectivity index (χ4v) is 2.29. The molecule has 0 aromatic carbocycles. The first-order chi connectivity index (χ1) is 7.95. The highest BCUT2D eigenvalue weighted by atomic mass is 15.2. The summed E-state index contributed by atoms with van der Waals surface area (Å²) in [7, 11) is 0. The number of hydrogen-bond donors (Lipinski definition) is 1. The van der Waals surface area contributed by atoms with Gasteiger partial charge in [0.1, 0.15) is 12.1 Å². The van der Waals surface area contributed by atoms with Crippen LogP contribution in [0.3, 0.4) is 0 Å². The van der Waals surface area contributed by atoms with Crippen LogP contribution in [0.4, 0.5) is 5.82 Å². The molecular weight excluding hydrogens is 202 g/mol. The molecule has 5 heteroatoms. The molecule has 0 aliphatic carbocycles. The van der Waals surface area contributed by atoms with E-state index in [-0.39, 0.29) is 0 Å². The molecule has 0 spiro atoms. The van der Waals surface area contributed by atoms with E-state index in [0.29, 0.717) is 0 Å². The van der Waals surface area contributed by atoms with E-state index in [1.807, 2.05) is 6.20 Å². The fourth-order valence-electron chi connectivity index (χ4n) is 2.29. The Kier molecular flexibility index (Phi) is 2.44. The number of fused-ring (bicyclic) bond motifs is 1. The summed E-state index contributed by atoms with van der Waals surface area (Å²) in [6.45, 7) is 2.19. The van der Waals surface area contributed by atoms with Crippen molar-refractivity contribution in [2.75, 3.05) is 18.0 Å². The van der Waals surface area contributed by atoms with E-state index >= 15 is 0 Å². The maximum Gasteiger partial charge on any atom is 0.160 e. The van der Waals surface area contributed by atoms with Crippen LogP contribution in [0.25, 0.3) is 11.0 Å². The van der Waals surface area contributed by atoms with Crippen molar-refractivity contribution in [3.05, 3.63) is 12.5 Å². The van der Waals surface area contributed by atoms with Gasteiger partial charge in [-0.25, -0.2) is 9.97 Å². The Labute approximate surface area is 93.9 Å². The summed E-state index contributed by atoms with van der Waals surface area (Å²) in [4.78, 5) is 10.9. The quantitative estimate of drug-likeness (QED) is 0.790. The zero-order chi connectivity index (χ0) is 10.8. The monoisotopic (exact) mass is 217 g/mol. The van der Waals surface area contributed by atoms with Crippen LogP contribution in [-0.2, 0) is 0 Å². The predicted molar refractivity (Wildman–Crippen MR) is 62.4 cm³/mol. The molecule has 2 aromatic heterocycles. The van der Waals surface area contributed by atoms with Crippen LogP contribution >= 0.6 is 0 Å². The van der Waals surface area contributed by atoms with Crippen molar-refractivity contribution in [3.63, 3.8) is 0 Å². The second-order valence-corrected chi connectivity index (χ2v) is 4.23. The standard InChI is InChI=1S/C11H15N5/c1-2-4-6-16(5-3-1)11-9-7-14-15-10(9)12-8-13-11/h7-8H,1-6H2,(H,12,13,14,15). The maximum absolute atomic E-state index is 4.40. The van der Waals surface area contributed by atoms with Crippen LogP contribution in [0.5, 0.6) is 0 Å². The van der Waals surface area contributed by atoms with Gasteiger partial charge in [-0.3, -0.25) is 5.10 Å². The van der Waals surface area contributed by atoms with Gasteiger partial charge in [0.05, 0.1) is 11.6 Å². The van der Waals surface area contributed by atoms with Crippen LogP contribution in [0, 0.1) is 0 Å². The van der Waals surface area contributed by atoms with Gasteiger partial charge in [-0.05, 0) is 12.8 Å². The third-order valence-electron chi connectivity index (χ3n) is 3.13. The number of aromatic amines is 1. The van der Waals surface area contributed by atoms with Crippen LogP contribution in [0.2, 0.25) is 0 Å². The molecule has 16 heavy (non-hydrogen) atoms. The van der Waals surface area contributed by atoms with E-state index in [9.17, 15) is 0 Å². The highest BCUT2D eigenvalue weighted by Gasteiger charge is 2.14. The molecule has 5 nitrogen and oxygen atoms in total. The normalized spacial score (nSPS) is 17.6. The average molecular weight is 217 g/mol. The molecule has 1 aliphatic heterocycles. The lowest BCUT2D eigenvalue weighted by molar-refractivity contribution is 0.726. The van der Waals surface area contributed by atoms with Crippen molar-refractivity contribution >= 4 is 16.9 Å². The maximum atomic E-state index is 4.40. The van der Waals surface area contributed by atoms with Gasteiger partial charge < -0.3 is 4.90 Å². The van der Waals surface area contributed by atoms with E-state index in [2.05, 4.69) is 25.1 Å². The molecule has 84 valence electrons. The highest BCUT2D eigenvalue weighted by molar-refractivity contribution is 5.86. The Balaban J connectivity index is 2.00. The van der Waals surface area contributed by atoms with Crippen LogP contribution < -0.4 is 4.90 Å². The highest BCUT2D eigenvalue weighted by Crippen LogP contribution is 2.23. The number of aromatic nitrogens is 4. The minimum Gasteiger partial charge on any atom is -0.356 e. The third-order valence-corrected chi connectivity index (χ3v) is 3.13. The van der Waals surface area contributed by atoms with E-state index < -0.39 is 0 Å². The van der Waals surface area contributed by atoms with Gasteiger partial charge in [0.25, 0.3) is 0 Å². The molecule has 0 bridgehead atoms. The summed E-state index contributed by atoms with van der Waals surface area (Å²) in [6.07, 6.45) is 8.59. The Bertz CT molecular complexity index is 470. The first-order valence-corrected chi connectivity index (χ1v) is 5.84. The van der Waals surface area contributed by atoms with E-state index in [1.54, 1.807) is 6.33 Å². The summed E-state index contributed by atoms with van der Waals surface area (Å²) in [5.41, 5.74) is 0.828. The van der Waals surface area contributed by atoms with Gasteiger partial charge in [-0.15, -0.1) is 0 Å². The van der Waals surface area contributed by atoms with Crippen molar-refractivity contribution in [3.8, 4) is 0 Å².